The molecule has 1 aliphatic heterocycles. The van der Waals surface area contributed by atoms with E-state index in [2.05, 4.69) is 14.9 Å². The van der Waals surface area contributed by atoms with Crippen LogP contribution in [0.1, 0.15) is 23.4 Å². The summed E-state index contributed by atoms with van der Waals surface area (Å²) >= 11 is 0. The minimum absolute atomic E-state index is 0. The minimum atomic E-state index is 0. The molecule has 18 heavy (non-hydrogen) atoms. The number of anilines is 1. The van der Waals surface area contributed by atoms with E-state index in [1.807, 2.05) is 0 Å². The summed E-state index contributed by atoms with van der Waals surface area (Å²) in [5.41, 5.74) is 9.33. The molecule has 0 atom stereocenters. The van der Waals surface area contributed by atoms with Crippen molar-refractivity contribution in [3.8, 4) is 0 Å². The zero-order chi connectivity index (χ0) is 11.7. The number of halogens is 1. The Morgan fingerprint density at radius 1 is 1.17 bits per heavy atom. The Morgan fingerprint density at radius 2 is 1.94 bits per heavy atom. The Labute approximate surface area is 113 Å². The van der Waals surface area contributed by atoms with Crippen LogP contribution >= 0.6 is 12.4 Å². The lowest BCUT2D eigenvalue weighted by Crippen LogP contribution is -2.37. The topological polar surface area (TPSA) is 64.3 Å². The number of rotatable bonds is 2. The Bertz CT molecular complexity index is 421. The highest BCUT2D eigenvalue weighted by atomic mass is 35.5. The van der Waals surface area contributed by atoms with Crippen molar-refractivity contribution in [1.82, 2.24) is 9.97 Å². The molecule has 1 aromatic heterocycles. The number of fused-ring (bicyclic) bond motifs is 1. The second kappa shape index (κ2) is 5.82. The number of ether oxygens (including phenoxy) is 1. The first-order valence-electron chi connectivity index (χ1n) is 6.30. The summed E-state index contributed by atoms with van der Waals surface area (Å²) in [5.74, 6) is 0.842. The van der Waals surface area contributed by atoms with Crippen molar-refractivity contribution in [2.45, 2.75) is 25.8 Å². The van der Waals surface area contributed by atoms with Crippen molar-refractivity contribution in [1.29, 1.82) is 0 Å². The zero-order valence-electron chi connectivity index (χ0n) is 10.4. The lowest BCUT2D eigenvalue weighted by molar-refractivity contribution is 0.122. The molecule has 1 fully saturated rings. The Hall–Kier alpha value is -0.910. The Balaban J connectivity index is 0.00000120. The predicted molar refractivity (Wildman–Crippen MR) is 72.2 cm³/mol. The maximum absolute atomic E-state index is 5.79. The lowest BCUT2D eigenvalue weighted by Gasteiger charge is -2.27. The Kier molecular flexibility index (Phi) is 4.37. The van der Waals surface area contributed by atoms with E-state index in [1.165, 1.54) is 17.7 Å². The van der Waals surface area contributed by atoms with Gasteiger partial charge in [-0.15, -0.1) is 12.4 Å². The lowest BCUT2D eigenvalue weighted by atomic mass is 10.2. The van der Waals surface area contributed by atoms with Crippen LogP contribution in [0.15, 0.2) is 0 Å². The third-order valence-electron chi connectivity index (χ3n) is 3.49. The highest BCUT2D eigenvalue weighted by molar-refractivity contribution is 5.85. The molecule has 0 unspecified atom stereocenters. The summed E-state index contributed by atoms with van der Waals surface area (Å²) in [4.78, 5) is 11.5. The van der Waals surface area contributed by atoms with Gasteiger partial charge in [-0.2, -0.15) is 0 Å². The van der Waals surface area contributed by atoms with Crippen molar-refractivity contribution in [2.75, 3.05) is 31.2 Å². The largest absolute Gasteiger partial charge is 0.378 e. The van der Waals surface area contributed by atoms with Crippen LogP contribution in [0.4, 0.5) is 5.95 Å². The summed E-state index contributed by atoms with van der Waals surface area (Å²) in [6.07, 6.45) is 3.34. The van der Waals surface area contributed by atoms with E-state index in [0.717, 1.165) is 50.8 Å². The molecule has 0 saturated carbocycles. The van der Waals surface area contributed by atoms with Gasteiger partial charge in [0.15, 0.2) is 0 Å². The van der Waals surface area contributed by atoms with Gasteiger partial charge in [0.05, 0.1) is 18.9 Å². The Morgan fingerprint density at radius 3 is 2.67 bits per heavy atom. The van der Waals surface area contributed by atoms with E-state index in [-0.39, 0.29) is 12.4 Å². The van der Waals surface area contributed by atoms with E-state index in [0.29, 0.717) is 6.54 Å². The number of hydrogen-bond donors (Lipinski definition) is 1. The summed E-state index contributed by atoms with van der Waals surface area (Å²) in [6, 6.07) is 0. The molecule has 6 heteroatoms. The van der Waals surface area contributed by atoms with Gasteiger partial charge in [0.25, 0.3) is 0 Å². The van der Waals surface area contributed by atoms with Crippen molar-refractivity contribution >= 4 is 18.4 Å². The molecule has 100 valence electrons. The van der Waals surface area contributed by atoms with Crippen LogP contribution in [0.2, 0.25) is 0 Å². The maximum Gasteiger partial charge on any atom is 0.226 e. The molecule has 5 nitrogen and oxygen atoms in total. The van der Waals surface area contributed by atoms with Gasteiger partial charge in [-0.05, 0) is 24.8 Å². The molecule has 0 spiro atoms. The molecule has 3 rings (SSSR count). The monoisotopic (exact) mass is 270 g/mol. The SMILES string of the molecule is Cl.NCc1nc(N2CCOCC2)nc2c1CCC2. The summed E-state index contributed by atoms with van der Waals surface area (Å²) < 4.78 is 5.35. The van der Waals surface area contributed by atoms with E-state index in [4.69, 9.17) is 10.5 Å². The van der Waals surface area contributed by atoms with Gasteiger partial charge >= 0.3 is 0 Å². The standard InChI is InChI=1S/C12H18N4O.ClH/c13-8-11-9-2-1-3-10(9)14-12(15-11)16-4-6-17-7-5-16;/h1-8,13H2;1H. The van der Waals surface area contributed by atoms with E-state index >= 15 is 0 Å². The molecule has 0 radical (unpaired) electrons. The van der Waals surface area contributed by atoms with Crippen LogP contribution in [0, 0.1) is 0 Å². The first kappa shape index (κ1) is 13.5. The summed E-state index contributed by atoms with van der Waals surface area (Å²) in [6.45, 7) is 3.80. The molecule has 0 amide bonds. The predicted octanol–water partition coefficient (Wildman–Crippen LogP) is 0.682. The first-order chi connectivity index (χ1) is 8.38. The quantitative estimate of drug-likeness (QED) is 0.856. The highest BCUT2D eigenvalue weighted by Gasteiger charge is 2.21. The molecule has 2 aliphatic rings. The number of nitrogens with zero attached hydrogens (tertiary/aromatic N) is 3. The van der Waals surface area contributed by atoms with Crippen LogP contribution in [-0.2, 0) is 24.1 Å². The average Bonchev–Trinajstić information content (AvgIpc) is 2.86. The molecular weight excluding hydrogens is 252 g/mol. The number of aromatic nitrogens is 2. The van der Waals surface area contributed by atoms with E-state index in [1.54, 1.807) is 0 Å². The van der Waals surface area contributed by atoms with Crippen molar-refractivity contribution in [2.24, 2.45) is 5.73 Å². The fourth-order valence-electron chi connectivity index (χ4n) is 2.57. The molecular formula is C12H19ClN4O. The van der Waals surface area contributed by atoms with Crippen LogP contribution < -0.4 is 10.6 Å². The smallest absolute Gasteiger partial charge is 0.226 e. The highest BCUT2D eigenvalue weighted by Crippen LogP contribution is 2.25. The van der Waals surface area contributed by atoms with Gasteiger partial charge in [-0.3, -0.25) is 0 Å². The molecule has 0 aromatic carbocycles. The van der Waals surface area contributed by atoms with Gasteiger partial charge in [-0.1, -0.05) is 0 Å². The fourth-order valence-corrected chi connectivity index (χ4v) is 2.57. The van der Waals surface area contributed by atoms with Gasteiger partial charge in [-0.25, -0.2) is 9.97 Å². The molecule has 2 heterocycles. The van der Waals surface area contributed by atoms with Gasteiger partial charge < -0.3 is 15.4 Å². The summed E-state index contributed by atoms with van der Waals surface area (Å²) in [7, 11) is 0. The van der Waals surface area contributed by atoms with E-state index < -0.39 is 0 Å². The van der Waals surface area contributed by atoms with Crippen molar-refractivity contribution in [3.63, 3.8) is 0 Å². The molecule has 2 N–H and O–H groups in total. The second-order valence-electron chi connectivity index (χ2n) is 4.55. The van der Waals surface area contributed by atoms with E-state index in [9.17, 15) is 0 Å². The van der Waals surface area contributed by atoms with Crippen molar-refractivity contribution < 1.29 is 4.74 Å². The molecule has 1 aliphatic carbocycles. The van der Waals surface area contributed by atoms with Gasteiger partial charge in [0, 0.05) is 25.3 Å². The number of nitrogens with two attached hydrogens (primary N) is 1. The first-order valence-corrected chi connectivity index (χ1v) is 6.30. The van der Waals surface area contributed by atoms with Crippen LogP contribution in [0.3, 0.4) is 0 Å². The third kappa shape index (κ3) is 2.43. The number of hydrogen-bond acceptors (Lipinski definition) is 5. The zero-order valence-corrected chi connectivity index (χ0v) is 11.2. The maximum atomic E-state index is 5.79. The minimum Gasteiger partial charge on any atom is -0.378 e. The molecule has 1 aromatic rings. The number of morpholine rings is 1. The fraction of sp³-hybridized carbons (Fsp3) is 0.667. The molecule has 1 saturated heterocycles. The van der Waals surface area contributed by atoms with Crippen molar-refractivity contribution in [3.05, 3.63) is 17.0 Å². The van der Waals surface area contributed by atoms with Crippen LogP contribution in [0.5, 0.6) is 0 Å². The average molecular weight is 271 g/mol. The van der Waals surface area contributed by atoms with Crippen LogP contribution in [0.25, 0.3) is 0 Å². The summed E-state index contributed by atoms with van der Waals surface area (Å²) in [5, 5.41) is 0. The van der Waals surface area contributed by atoms with Gasteiger partial charge in [0.2, 0.25) is 5.95 Å². The second-order valence-corrected chi connectivity index (χ2v) is 4.55. The van der Waals surface area contributed by atoms with Crippen LogP contribution in [-0.4, -0.2) is 36.3 Å². The normalized spacial score (nSPS) is 18.4. The van der Waals surface area contributed by atoms with Gasteiger partial charge in [0.1, 0.15) is 0 Å². The molecule has 0 bridgehead atoms. The third-order valence-corrected chi connectivity index (χ3v) is 3.49. The number of aryl methyl sites for hydroxylation is 1.